The van der Waals surface area contributed by atoms with Gasteiger partial charge >= 0.3 is 0 Å². The second kappa shape index (κ2) is 4.21. The molecule has 0 bridgehead atoms. The lowest BCUT2D eigenvalue weighted by molar-refractivity contribution is 1.10. The SMILES string of the molecule is CCc1nc(-c2ccccc2Cl)c(N)s1. The minimum Gasteiger partial charge on any atom is -0.389 e. The molecule has 2 nitrogen and oxygen atoms in total. The molecule has 1 heterocycles. The Morgan fingerprint density at radius 3 is 2.73 bits per heavy atom. The summed E-state index contributed by atoms with van der Waals surface area (Å²) in [4.78, 5) is 4.47. The summed E-state index contributed by atoms with van der Waals surface area (Å²) in [6.07, 6.45) is 0.902. The van der Waals surface area contributed by atoms with Gasteiger partial charge in [0, 0.05) is 5.56 Å². The van der Waals surface area contributed by atoms with Crippen molar-refractivity contribution in [1.82, 2.24) is 4.98 Å². The highest BCUT2D eigenvalue weighted by molar-refractivity contribution is 7.16. The van der Waals surface area contributed by atoms with Crippen LogP contribution < -0.4 is 5.73 Å². The number of hydrogen-bond donors (Lipinski definition) is 1. The number of halogens is 1. The van der Waals surface area contributed by atoms with E-state index in [1.165, 1.54) is 11.3 Å². The Morgan fingerprint density at radius 2 is 2.13 bits per heavy atom. The number of nitrogens with zero attached hydrogens (tertiary/aromatic N) is 1. The zero-order chi connectivity index (χ0) is 10.8. The van der Waals surface area contributed by atoms with E-state index in [-0.39, 0.29) is 0 Å². The van der Waals surface area contributed by atoms with E-state index >= 15 is 0 Å². The average molecular weight is 239 g/mol. The van der Waals surface area contributed by atoms with Crippen LogP contribution in [0.5, 0.6) is 0 Å². The van der Waals surface area contributed by atoms with Gasteiger partial charge in [0.15, 0.2) is 0 Å². The van der Waals surface area contributed by atoms with E-state index in [1.807, 2.05) is 24.3 Å². The molecule has 0 amide bonds. The number of aryl methyl sites for hydroxylation is 1. The Morgan fingerprint density at radius 1 is 1.40 bits per heavy atom. The van der Waals surface area contributed by atoms with Crippen molar-refractivity contribution in [1.29, 1.82) is 0 Å². The molecule has 15 heavy (non-hydrogen) atoms. The second-order valence-corrected chi connectivity index (χ2v) is 4.68. The summed E-state index contributed by atoms with van der Waals surface area (Å²) in [5.41, 5.74) is 7.63. The van der Waals surface area contributed by atoms with Gasteiger partial charge in [-0.2, -0.15) is 0 Å². The number of aromatic nitrogens is 1. The summed E-state index contributed by atoms with van der Waals surface area (Å²) in [5.74, 6) is 0. The second-order valence-electron chi connectivity index (χ2n) is 3.15. The molecule has 0 radical (unpaired) electrons. The van der Waals surface area contributed by atoms with Crippen LogP contribution in [0, 0.1) is 0 Å². The first kappa shape index (κ1) is 10.5. The maximum atomic E-state index is 6.09. The maximum absolute atomic E-state index is 6.09. The molecule has 0 spiro atoms. The summed E-state index contributed by atoms with van der Waals surface area (Å²) in [6.45, 7) is 2.06. The van der Waals surface area contributed by atoms with Gasteiger partial charge < -0.3 is 5.73 Å². The first-order chi connectivity index (χ1) is 7.22. The highest BCUT2D eigenvalue weighted by Crippen LogP contribution is 2.34. The van der Waals surface area contributed by atoms with E-state index < -0.39 is 0 Å². The molecule has 0 aliphatic heterocycles. The van der Waals surface area contributed by atoms with Gasteiger partial charge in [0.2, 0.25) is 0 Å². The van der Waals surface area contributed by atoms with Crippen LogP contribution in [-0.4, -0.2) is 4.98 Å². The van der Waals surface area contributed by atoms with Crippen LogP contribution in [0.2, 0.25) is 5.02 Å². The van der Waals surface area contributed by atoms with Gasteiger partial charge in [0.25, 0.3) is 0 Å². The highest BCUT2D eigenvalue weighted by atomic mass is 35.5. The van der Waals surface area contributed by atoms with Crippen molar-refractivity contribution in [2.45, 2.75) is 13.3 Å². The molecule has 2 aromatic rings. The summed E-state index contributed by atoms with van der Waals surface area (Å²) < 4.78 is 0. The van der Waals surface area contributed by atoms with Crippen molar-refractivity contribution in [3.8, 4) is 11.3 Å². The molecular formula is C11H11ClN2S. The molecule has 0 unspecified atom stereocenters. The number of anilines is 1. The quantitative estimate of drug-likeness (QED) is 0.868. The third kappa shape index (κ3) is 1.98. The Labute approximate surface area is 97.7 Å². The van der Waals surface area contributed by atoms with Crippen molar-refractivity contribution >= 4 is 27.9 Å². The van der Waals surface area contributed by atoms with Crippen LogP contribution >= 0.6 is 22.9 Å². The largest absolute Gasteiger partial charge is 0.389 e. The van der Waals surface area contributed by atoms with Crippen LogP contribution in [0.15, 0.2) is 24.3 Å². The number of rotatable bonds is 2. The lowest BCUT2D eigenvalue weighted by Crippen LogP contribution is -1.86. The number of benzene rings is 1. The van der Waals surface area contributed by atoms with Crippen molar-refractivity contribution in [2.24, 2.45) is 0 Å². The Kier molecular flexibility index (Phi) is 2.93. The number of nitrogens with two attached hydrogens (primary N) is 1. The molecule has 2 rings (SSSR count). The fourth-order valence-corrected chi connectivity index (χ4v) is 2.39. The van der Waals surface area contributed by atoms with Crippen LogP contribution in [0.1, 0.15) is 11.9 Å². The fourth-order valence-electron chi connectivity index (χ4n) is 1.38. The first-order valence-electron chi connectivity index (χ1n) is 4.72. The molecule has 4 heteroatoms. The molecule has 0 fully saturated rings. The van der Waals surface area contributed by atoms with Crippen molar-refractivity contribution in [3.63, 3.8) is 0 Å². The zero-order valence-corrected chi connectivity index (χ0v) is 9.90. The maximum Gasteiger partial charge on any atom is 0.114 e. The molecule has 1 aromatic carbocycles. The minimum absolute atomic E-state index is 0.692. The lowest BCUT2D eigenvalue weighted by Gasteiger charge is -2.00. The van der Waals surface area contributed by atoms with E-state index in [0.29, 0.717) is 5.02 Å². The molecule has 0 atom stereocenters. The Bertz CT molecular complexity index is 479. The number of thiazole rings is 1. The topological polar surface area (TPSA) is 38.9 Å². The molecule has 1 aromatic heterocycles. The molecule has 78 valence electrons. The normalized spacial score (nSPS) is 10.5. The van der Waals surface area contributed by atoms with E-state index in [9.17, 15) is 0 Å². The van der Waals surface area contributed by atoms with Crippen molar-refractivity contribution in [2.75, 3.05) is 5.73 Å². The third-order valence-corrected chi connectivity index (χ3v) is 3.49. The van der Waals surface area contributed by atoms with E-state index in [2.05, 4.69) is 11.9 Å². The molecular weight excluding hydrogens is 228 g/mol. The smallest absolute Gasteiger partial charge is 0.114 e. The predicted molar refractivity (Wildman–Crippen MR) is 66.4 cm³/mol. The van der Waals surface area contributed by atoms with Gasteiger partial charge in [-0.3, -0.25) is 0 Å². The summed E-state index contributed by atoms with van der Waals surface area (Å²) in [7, 11) is 0. The molecule has 0 aliphatic rings. The van der Waals surface area contributed by atoms with Crippen LogP contribution in [0.4, 0.5) is 5.00 Å². The molecule has 0 aliphatic carbocycles. The van der Waals surface area contributed by atoms with Crippen LogP contribution in [0.3, 0.4) is 0 Å². The van der Waals surface area contributed by atoms with Gasteiger partial charge in [0.05, 0.1) is 10.0 Å². The van der Waals surface area contributed by atoms with Gasteiger partial charge in [-0.15, -0.1) is 11.3 Å². The summed E-state index contributed by atoms with van der Waals surface area (Å²) in [5, 5.41) is 2.47. The van der Waals surface area contributed by atoms with Gasteiger partial charge in [-0.05, 0) is 12.5 Å². The van der Waals surface area contributed by atoms with Crippen molar-refractivity contribution < 1.29 is 0 Å². The zero-order valence-electron chi connectivity index (χ0n) is 8.33. The summed E-state index contributed by atoms with van der Waals surface area (Å²) in [6, 6.07) is 7.62. The fraction of sp³-hybridized carbons (Fsp3) is 0.182. The Hall–Kier alpha value is -1.06. The van der Waals surface area contributed by atoms with Gasteiger partial charge in [-0.25, -0.2) is 4.98 Å². The minimum atomic E-state index is 0.692. The first-order valence-corrected chi connectivity index (χ1v) is 5.92. The number of nitrogen functional groups attached to an aromatic ring is 1. The number of hydrogen-bond acceptors (Lipinski definition) is 3. The van der Waals surface area contributed by atoms with Gasteiger partial charge in [0.1, 0.15) is 10.7 Å². The van der Waals surface area contributed by atoms with E-state index in [4.69, 9.17) is 17.3 Å². The molecule has 2 N–H and O–H groups in total. The van der Waals surface area contributed by atoms with E-state index in [0.717, 1.165) is 27.7 Å². The highest BCUT2D eigenvalue weighted by Gasteiger charge is 2.11. The lowest BCUT2D eigenvalue weighted by atomic mass is 10.1. The van der Waals surface area contributed by atoms with Gasteiger partial charge in [-0.1, -0.05) is 36.7 Å². The molecule has 0 saturated heterocycles. The average Bonchev–Trinajstić information content (AvgIpc) is 2.60. The predicted octanol–water partition coefficient (Wildman–Crippen LogP) is 3.61. The van der Waals surface area contributed by atoms with E-state index in [1.54, 1.807) is 0 Å². The molecule has 0 saturated carbocycles. The monoisotopic (exact) mass is 238 g/mol. The standard InChI is InChI=1S/C11H11ClN2S/c1-2-9-14-10(11(13)15-9)7-5-3-4-6-8(7)12/h3-6H,2,13H2,1H3. The van der Waals surface area contributed by atoms with Crippen LogP contribution in [-0.2, 0) is 6.42 Å². The Balaban J connectivity index is 2.54. The van der Waals surface area contributed by atoms with Crippen molar-refractivity contribution in [3.05, 3.63) is 34.3 Å². The summed E-state index contributed by atoms with van der Waals surface area (Å²) >= 11 is 7.62. The van der Waals surface area contributed by atoms with Crippen LogP contribution in [0.25, 0.3) is 11.3 Å². The third-order valence-electron chi connectivity index (χ3n) is 2.13.